The lowest BCUT2D eigenvalue weighted by Gasteiger charge is -2.13. The highest BCUT2D eigenvalue weighted by molar-refractivity contribution is 6.33. The number of fused-ring (bicyclic) bond motifs is 3. The number of hydrogen-bond acceptors (Lipinski definition) is 2. The topological polar surface area (TPSA) is 41.1 Å². The molecule has 0 bridgehead atoms. The van der Waals surface area contributed by atoms with Crippen LogP contribution >= 0.6 is 11.6 Å². The second-order valence-electron chi connectivity index (χ2n) is 5.55. The molecule has 5 heteroatoms. The van der Waals surface area contributed by atoms with Crippen molar-refractivity contribution in [1.82, 2.24) is 9.38 Å². The highest BCUT2D eigenvalue weighted by Gasteiger charge is 2.20. The van der Waals surface area contributed by atoms with Crippen molar-refractivity contribution < 1.29 is 4.39 Å². The van der Waals surface area contributed by atoms with Gasteiger partial charge in [0.05, 0.1) is 16.6 Å². The van der Waals surface area contributed by atoms with Gasteiger partial charge in [-0.15, -0.1) is 0 Å². The molecular weight excluding hydrogens is 325 g/mol. The van der Waals surface area contributed by atoms with Crippen LogP contribution in [0.3, 0.4) is 0 Å². The van der Waals surface area contributed by atoms with Crippen LogP contribution in [0.25, 0.3) is 27.8 Å². The van der Waals surface area contributed by atoms with Gasteiger partial charge in [0.1, 0.15) is 17.0 Å². The maximum atomic E-state index is 13.7. The van der Waals surface area contributed by atoms with E-state index in [0.29, 0.717) is 33.1 Å². The van der Waals surface area contributed by atoms with E-state index < -0.39 is 0 Å². The van der Waals surface area contributed by atoms with Crippen molar-refractivity contribution in [1.29, 1.82) is 5.26 Å². The summed E-state index contributed by atoms with van der Waals surface area (Å²) in [6, 6.07) is 16.0. The Hall–Kier alpha value is -2.90. The number of pyridine rings is 1. The fourth-order valence-electron chi connectivity index (χ4n) is 3.07. The molecule has 0 aliphatic carbocycles. The minimum atomic E-state index is -0.350. The number of aromatic nitrogens is 2. The first-order chi connectivity index (χ1) is 11.6. The Morgan fingerprint density at radius 3 is 2.71 bits per heavy atom. The van der Waals surface area contributed by atoms with Crippen LogP contribution in [0, 0.1) is 24.1 Å². The molecule has 4 aromatic rings. The highest BCUT2D eigenvalue weighted by Crippen LogP contribution is 2.37. The molecular formula is C19H11ClFN3. The van der Waals surface area contributed by atoms with Crippen molar-refractivity contribution in [2.24, 2.45) is 0 Å². The number of rotatable bonds is 1. The number of nitriles is 1. The Labute approximate surface area is 142 Å². The maximum absolute atomic E-state index is 13.7. The normalized spacial score (nSPS) is 11.1. The van der Waals surface area contributed by atoms with Gasteiger partial charge in [-0.05, 0) is 42.3 Å². The van der Waals surface area contributed by atoms with Gasteiger partial charge in [-0.25, -0.2) is 9.37 Å². The summed E-state index contributed by atoms with van der Waals surface area (Å²) in [4.78, 5) is 4.54. The van der Waals surface area contributed by atoms with Crippen LogP contribution in [0.5, 0.6) is 0 Å². The third-order valence-corrected chi connectivity index (χ3v) is 4.52. The third-order valence-electron chi connectivity index (χ3n) is 4.16. The van der Waals surface area contributed by atoms with E-state index in [2.05, 4.69) is 11.1 Å². The molecule has 4 rings (SSSR count). The van der Waals surface area contributed by atoms with E-state index in [4.69, 9.17) is 11.6 Å². The van der Waals surface area contributed by atoms with Crippen molar-refractivity contribution in [3.05, 3.63) is 70.6 Å². The van der Waals surface area contributed by atoms with Gasteiger partial charge in [0.15, 0.2) is 5.65 Å². The molecule has 0 saturated carbocycles. The summed E-state index contributed by atoms with van der Waals surface area (Å²) in [6.45, 7) is 1.81. The minimum absolute atomic E-state index is 0.350. The zero-order valence-electron chi connectivity index (χ0n) is 12.7. The van der Waals surface area contributed by atoms with Crippen LogP contribution in [0.1, 0.15) is 11.1 Å². The number of benzene rings is 2. The van der Waals surface area contributed by atoms with Crippen LogP contribution in [0.4, 0.5) is 4.39 Å². The molecule has 0 fully saturated rings. The quantitative estimate of drug-likeness (QED) is 0.453. The highest BCUT2D eigenvalue weighted by atomic mass is 35.5. The molecule has 0 N–H and O–H groups in total. The average molecular weight is 336 g/mol. The molecule has 2 aromatic carbocycles. The van der Waals surface area contributed by atoms with Crippen molar-refractivity contribution in [3.63, 3.8) is 0 Å². The van der Waals surface area contributed by atoms with Gasteiger partial charge in [-0.2, -0.15) is 5.26 Å². The van der Waals surface area contributed by atoms with Crippen LogP contribution in [0.2, 0.25) is 5.15 Å². The fraction of sp³-hybridized carbons (Fsp3) is 0.0526. The average Bonchev–Trinajstić information content (AvgIpc) is 2.95. The lowest BCUT2D eigenvalue weighted by atomic mass is 9.99. The molecule has 2 aromatic heterocycles. The van der Waals surface area contributed by atoms with E-state index in [1.807, 2.05) is 31.2 Å². The molecule has 2 heterocycles. The number of hydrogen-bond donors (Lipinski definition) is 0. The van der Waals surface area contributed by atoms with Crippen LogP contribution in [-0.4, -0.2) is 9.38 Å². The van der Waals surface area contributed by atoms with Crippen LogP contribution < -0.4 is 0 Å². The molecule has 0 saturated heterocycles. The second-order valence-corrected chi connectivity index (χ2v) is 5.91. The maximum Gasteiger partial charge on any atom is 0.157 e. The van der Waals surface area contributed by atoms with Gasteiger partial charge in [0.2, 0.25) is 0 Å². The molecule has 0 aliphatic heterocycles. The van der Waals surface area contributed by atoms with Crippen LogP contribution in [-0.2, 0) is 0 Å². The van der Waals surface area contributed by atoms with E-state index in [1.165, 1.54) is 12.1 Å². The predicted molar refractivity (Wildman–Crippen MR) is 92.6 cm³/mol. The minimum Gasteiger partial charge on any atom is -0.281 e. The molecule has 0 aliphatic rings. The van der Waals surface area contributed by atoms with E-state index in [0.717, 1.165) is 11.0 Å². The number of halogens is 2. The molecule has 24 heavy (non-hydrogen) atoms. The van der Waals surface area contributed by atoms with Gasteiger partial charge in [-0.3, -0.25) is 4.40 Å². The van der Waals surface area contributed by atoms with Gasteiger partial charge >= 0.3 is 0 Å². The van der Waals surface area contributed by atoms with Gasteiger partial charge in [0, 0.05) is 5.56 Å². The van der Waals surface area contributed by atoms with Crippen molar-refractivity contribution in [2.45, 2.75) is 6.92 Å². The summed E-state index contributed by atoms with van der Waals surface area (Å²) < 4.78 is 15.4. The largest absolute Gasteiger partial charge is 0.281 e. The molecule has 116 valence electrons. The number of nitrogens with zero attached hydrogens (tertiary/aromatic N) is 3. The Balaban J connectivity index is 2.23. The fourth-order valence-corrected chi connectivity index (χ4v) is 3.49. The molecule has 0 spiro atoms. The Morgan fingerprint density at radius 2 is 1.96 bits per heavy atom. The first-order valence-electron chi connectivity index (χ1n) is 7.37. The van der Waals surface area contributed by atoms with Crippen molar-refractivity contribution in [2.75, 3.05) is 0 Å². The summed E-state index contributed by atoms with van der Waals surface area (Å²) in [5.41, 5.74) is 4.49. The smallest absolute Gasteiger partial charge is 0.157 e. The number of imidazole rings is 1. The monoisotopic (exact) mass is 335 g/mol. The summed E-state index contributed by atoms with van der Waals surface area (Å²) in [6.07, 6.45) is 0. The zero-order chi connectivity index (χ0) is 16.8. The standard InChI is InChI=1S/C19H11ClFN3/c1-11-14(10-22)19-23-15-7-2-3-8-16(15)24(19)18(20)17(11)12-5-4-6-13(21)9-12/h2-9H,1H3. The summed E-state index contributed by atoms with van der Waals surface area (Å²) in [5.74, 6) is -0.350. The molecule has 0 amide bonds. The van der Waals surface area contributed by atoms with E-state index in [-0.39, 0.29) is 5.82 Å². The lowest BCUT2D eigenvalue weighted by molar-refractivity contribution is 0.628. The third kappa shape index (κ3) is 1.99. The van der Waals surface area contributed by atoms with Crippen molar-refractivity contribution >= 4 is 28.3 Å². The first-order valence-corrected chi connectivity index (χ1v) is 7.75. The molecule has 0 atom stereocenters. The summed E-state index contributed by atoms with van der Waals surface area (Å²) in [5, 5.41) is 10.1. The summed E-state index contributed by atoms with van der Waals surface area (Å²) in [7, 11) is 0. The Bertz CT molecular complexity index is 1150. The second kappa shape index (κ2) is 5.33. The Morgan fingerprint density at radius 1 is 1.17 bits per heavy atom. The Kier molecular flexibility index (Phi) is 3.26. The molecule has 3 nitrogen and oxygen atoms in total. The van der Waals surface area contributed by atoms with Crippen molar-refractivity contribution in [3.8, 4) is 17.2 Å². The SMILES string of the molecule is Cc1c(-c2cccc(F)c2)c(Cl)n2c(nc3ccccc32)c1C#N. The molecule has 0 radical (unpaired) electrons. The van der Waals surface area contributed by atoms with Gasteiger partial charge < -0.3 is 0 Å². The van der Waals surface area contributed by atoms with Gasteiger partial charge in [0.25, 0.3) is 0 Å². The molecule has 0 unspecified atom stereocenters. The number of para-hydroxylation sites is 2. The zero-order valence-corrected chi connectivity index (χ0v) is 13.5. The van der Waals surface area contributed by atoms with E-state index in [1.54, 1.807) is 16.5 Å². The summed E-state index contributed by atoms with van der Waals surface area (Å²) >= 11 is 6.67. The van der Waals surface area contributed by atoms with E-state index >= 15 is 0 Å². The van der Waals surface area contributed by atoms with E-state index in [9.17, 15) is 9.65 Å². The van der Waals surface area contributed by atoms with Crippen LogP contribution in [0.15, 0.2) is 48.5 Å². The van der Waals surface area contributed by atoms with Gasteiger partial charge in [-0.1, -0.05) is 35.9 Å². The first kappa shape index (κ1) is 14.7. The lowest BCUT2D eigenvalue weighted by Crippen LogP contribution is -1.99. The predicted octanol–water partition coefficient (Wildman–Crippen LogP) is 5.13.